The Labute approximate surface area is 140 Å². The number of carbonyl (C=O) groups excluding carboxylic acids is 1. The van der Waals surface area contributed by atoms with Crippen LogP contribution in [0.2, 0.25) is 0 Å². The van der Waals surface area contributed by atoms with Gasteiger partial charge in [-0.1, -0.05) is 43.3 Å². The van der Waals surface area contributed by atoms with E-state index in [1.54, 1.807) is 0 Å². The van der Waals surface area contributed by atoms with E-state index in [0.717, 1.165) is 11.6 Å². The molecule has 24 heavy (non-hydrogen) atoms. The number of carboxylic acid groups (broad SMARTS) is 1. The van der Waals surface area contributed by atoms with Crippen LogP contribution in [0.5, 0.6) is 11.5 Å². The Kier molecular flexibility index (Phi) is 7.78. The van der Waals surface area contributed by atoms with E-state index in [4.69, 9.17) is 15.3 Å². The number of phenolic OH excluding ortho intramolecular Hbond substituents is 2. The van der Waals surface area contributed by atoms with E-state index in [2.05, 4.69) is 0 Å². The summed E-state index contributed by atoms with van der Waals surface area (Å²) in [4.78, 5) is 21.1. The summed E-state index contributed by atoms with van der Waals surface area (Å²) in [6.45, 7) is 1.89. The summed E-state index contributed by atoms with van der Waals surface area (Å²) < 4.78 is 0. The maximum absolute atomic E-state index is 11.0. The van der Waals surface area contributed by atoms with Crippen molar-refractivity contribution in [2.75, 3.05) is 0 Å². The van der Waals surface area contributed by atoms with Gasteiger partial charge in [0.15, 0.2) is 11.5 Å². The van der Waals surface area contributed by atoms with Crippen LogP contribution in [0.15, 0.2) is 54.6 Å². The fourth-order valence-corrected chi connectivity index (χ4v) is 1.76. The quantitative estimate of drug-likeness (QED) is 0.577. The SMILES string of the molecule is CCC(=O)Cc1ccccc1.O=C(O)C=Cc1ccc(O)c(O)c1. The zero-order valence-electron chi connectivity index (χ0n) is 13.3. The number of carboxylic acids is 1. The van der Waals surface area contributed by atoms with E-state index < -0.39 is 5.97 Å². The molecule has 0 aliphatic heterocycles. The first kappa shape index (κ1) is 19.0. The first-order valence-corrected chi connectivity index (χ1v) is 7.41. The van der Waals surface area contributed by atoms with Crippen LogP contribution in [0.25, 0.3) is 6.08 Å². The molecule has 0 saturated carbocycles. The number of rotatable bonds is 5. The molecule has 0 fully saturated rings. The van der Waals surface area contributed by atoms with Gasteiger partial charge in [-0.25, -0.2) is 4.79 Å². The average Bonchev–Trinajstić information content (AvgIpc) is 2.57. The Hall–Kier alpha value is -3.08. The zero-order valence-corrected chi connectivity index (χ0v) is 13.3. The third-order valence-electron chi connectivity index (χ3n) is 3.06. The molecule has 0 heterocycles. The number of hydrogen-bond donors (Lipinski definition) is 3. The molecule has 0 spiro atoms. The lowest BCUT2D eigenvalue weighted by Gasteiger charge is -1.97. The van der Waals surface area contributed by atoms with E-state index in [1.165, 1.54) is 24.3 Å². The number of ketones is 1. The van der Waals surface area contributed by atoms with Gasteiger partial charge in [0.25, 0.3) is 0 Å². The molecule has 0 saturated heterocycles. The molecular formula is C19H20O5. The van der Waals surface area contributed by atoms with E-state index in [1.807, 2.05) is 37.3 Å². The molecule has 3 N–H and O–H groups in total. The van der Waals surface area contributed by atoms with E-state index in [0.29, 0.717) is 24.2 Å². The summed E-state index contributed by atoms with van der Waals surface area (Å²) >= 11 is 0. The maximum Gasteiger partial charge on any atom is 0.328 e. The van der Waals surface area contributed by atoms with Gasteiger partial charge in [-0.15, -0.1) is 0 Å². The van der Waals surface area contributed by atoms with Gasteiger partial charge in [0.2, 0.25) is 0 Å². The molecule has 5 heteroatoms. The third-order valence-corrected chi connectivity index (χ3v) is 3.06. The lowest BCUT2D eigenvalue weighted by molar-refractivity contribution is -0.131. The molecule has 0 bridgehead atoms. The monoisotopic (exact) mass is 328 g/mol. The highest BCUT2D eigenvalue weighted by atomic mass is 16.4. The fourth-order valence-electron chi connectivity index (χ4n) is 1.76. The van der Waals surface area contributed by atoms with Crippen molar-refractivity contribution < 1.29 is 24.9 Å². The minimum absolute atomic E-state index is 0.229. The van der Waals surface area contributed by atoms with Crippen molar-refractivity contribution in [2.24, 2.45) is 0 Å². The maximum atomic E-state index is 11.0. The Bertz CT molecular complexity index is 705. The highest BCUT2D eigenvalue weighted by molar-refractivity contribution is 5.85. The molecule has 0 aliphatic rings. The fraction of sp³-hybridized carbons (Fsp3) is 0.158. The molecule has 2 aromatic rings. The standard InChI is InChI=1S/C10H12O.C9H8O4/c1-2-10(11)8-9-6-4-3-5-7-9;10-7-3-1-6(5-8(7)11)2-4-9(12)13/h3-7H,2,8H2,1H3;1-5,10-11H,(H,12,13). The lowest BCUT2D eigenvalue weighted by atomic mass is 10.1. The van der Waals surface area contributed by atoms with E-state index in [-0.39, 0.29) is 11.5 Å². The van der Waals surface area contributed by atoms with Gasteiger partial charge in [0.1, 0.15) is 5.78 Å². The van der Waals surface area contributed by atoms with Gasteiger partial charge < -0.3 is 15.3 Å². The molecule has 126 valence electrons. The largest absolute Gasteiger partial charge is 0.504 e. The summed E-state index contributed by atoms with van der Waals surface area (Å²) in [6.07, 6.45) is 3.49. The Balaban J connectivity index is 0.000000243. The number of aromatic hydroxyl groups is 2. The second-order valence-electron chi connectivity index (χ2n) is 4.97. The van der Waals surface area contributed by atoms with Crippen LogP contribution in [0.1, 0.15) is 24.5 Å². The van der Waals surface area contributed by atoms with Gasteiger partial charge in [-0.2, -0.15) is 0 Å². The van der Waals surface area contributed by atoms with Gasteiger partial charge in [0, 0.05) is 18.9 Å². The third kappa shape index (κ3) is 7.26. The van der Waals surface area contributed by atoms with Crippen LogP contribution in [-0.2, 0) is 16.0 Å². The zero-order chi connectivity index (χ0) is 17.9. The van der Waals surface area contributed by atoms with Crippen molar-refractivity contribution in [3.63, 3.8) is 0 Å². The smallest absolute Gasteiger partial charge is 0.328 e. The van der Waals surface area contributed by atoms with Gasteiger partial charge in [-0.3, -0.25) is 4.79 Å². The topological polar surface area (TPSA) is 94.8 Å². The minimum atomic E-state index is -1.06. The number of Topliss-reactive ketones (excluding diaryl/α,β-unsaturated/α-hetero) is 1. The van der Waals surface area contributed by atoms with Crippen molar-refractivity contribution in [1.82, 2.24) is 0 Å². The predicted molar refractivity (Wildman–Crippen MR) is 91.9 cm³/mol. The second kappa shape index (κ2) is 9.84. The Morgan fingerprint density at radius 3 is 2.21 bits per heavy atom. The van der Waals surface area contributed by atoms with Crippen LogP contribution in [0.3, 0.4) is 0 Å². The number of hydrogen-bond acceptors (Lipinski definition) is 4. The molecule has 2 aromatic carbocycles. The summed E-state index contributed by atoms with van der Waals surface area (Å²) in [7, 11) is 0. The summed E-state index contributed by atoms with van der Waals surface area (Å²) in [5, 5.41) is 26.3. The number of benzene rings is 2. The molecule has 0 atom stereocenters. The normalized spacial score (nSPS) is 10.0. The molecule has 0 aromatic heterocycles. The van der Waals surface area contributed by atoms with Crippen molar-refractivity contribution in [2.45, 2.75) is 19.8 Å². The molecule has 5 nitrogen and oxygen atoms in total. The average molecular weight is 328 g/mol. The lowest BCUT2D eigenvalue weighted by Crippen LogP contribution is -1.99. The Morgan fingerprint density at radius 1 is 1.00 bits per heavy atom. The second-order valence-corrected chi connectivity index (χ2v) is 4.97. The molecule has 0 unspecified atom stereocenters. The van der Waals surface area contributed by atoms with E-state index in [9.17, 15) is 9.59 Å². The van der Waals surface area contributed by atoms with Crippen LogP contribution in [0.4, 0.5) is 0 Å². The van der Waals surface area contributed by atoms with Gasteiger partial charge in [0.05, 0.1) is 0 Å². The van der Waals surface area contributed by atoms with Gasteiger partial charge in [-0.05, 0) is 29.3 Å². The molecule has 0 amide bonds. The van der Waals surface area contributed by atoms with Crippen LogP contribution >= 0.6 is 0 Å². The van der Waals surface area contributed by atoms with Crippen molar-refractivity contribution in [3.05, 3.63) is 65.7 Å². The number of phenols is 2. The van der Waals surface area contributed by atoms with Crippen LogP contribution in [0, 0.1) is 0 Å². The molecule has 0 radical (unpaired) electrons. The van der Waals surface area contributed by atoms with Gasteiger partial charge >= 0.3 is 5.97 Å². The molecule has 0 aliphatic carbocycles. The number of aliphatic carboxylic acids is 1. The van der Waals surface area contributed by atoms with Crippen molar-refractivity contribution in [3.8, 4) is 11.5 Å². The minimum Gasteiger partial charge on any atom is -0.504 e. The van der Waals surface area contributed by atoms with E-state index >= 15 is 0 Å². The summed E-state index contributed by atoms with van der Waals surface area (Å²) in [5.74, 6) is -1.26. The van der Waals surface area contributed by atoms with Crippen molar-refractivity contribution in [1.29, 1.82) is 0 Å². The molecular weight excluding hydrogens is 308 g/mol. The molecule has 2 rings (SSSR count). The highest BCUT2D eigenvalue weighted by Crippen LogP contribution is 2.25. The Morgan fingerprint density at radius 2 is 1.67 bits per heavy atom. The van der Waals surface area contributed by atoms with Crippen LogP contribution < -0.4 is 0 Å². The summed E-state index contributed by atoms with van der Waals surface area (Å²) in [6, 6.07) is 13.9. The highest BCUT2D eigenvalue weighted by Gasteiger charge is 1.98. The predicted octanol–water partition coefficient (Wildman–Crippen LogP) is 3.40. The number of carbonyl (C=O) groups is 2. The first-order chi connectivity index (χ1) is 11.4. The van der Waals surface area contributed by atoms with Crippen molar-refractivity contribution >= 4 is 17.8 Å². The first-order valence-electron chi connectivity index (χ1n) is 7.41. The van der Waals surface area contributed by atoms with Crippen LogP contribution in [-0.4, -0.2) is 27.1 Å². The summed E-state index contributed by atoms with van der Waals surface area (Å²) in [5.41, 5.74) is 1.62.